The van der Waals surface area contributed by atoms with Gasteiger partial charge in [-0.05, 0) is 32.0 Å². The van der Waals surface area contributed by atoms with E-state index < -0.39 is 21.0 Å². The molecule has 2 aromatic rings. The Morgan fingerprint density at radius 3 is 2.21 bits per heavy atom. The Labute approximate surface area is 110 Å². The van der Waals surface area contributed by atoms with Gasteiger partial charge < -0.3 is 9.52 Å². The van der Waals surface area contributed by atoms with Gasteiger partial charge in [0.05, 0.1) is 5.25 Å². The van der Waals surface area contributed by atoms with Crippen LogP contribution in [0.25, 0.3) is 11.0 Å². The van der Waals surface area contributed by atoms with Crippen molar-refractivity contribution in [3.05, 3.63) is 40.8 Å². The van der Waals surface area contributed by atoms with Gasteiger partial charge in [-0.15, -0.1) is 0 Å². The average Bonchev–Trinajstić information content (AvgIpc) is 2.27. The Morgan fingerprint density at radius 1 is 1.16 bits per heavy atom. The van der Waals surface area contributed by atoms with E-state index in [1.165, 1.54) is 26.0 Å². The van der Waals surface area contributed by atoms with Crippen LogP contribution in [0.3, 0.4) is 0 Å². The molecule has 19 heavy (non-hydrogen) atoms. The summed E-state index contributed by atoms with van der Waals surface area (Å²) in [6, 6.07) is 7.65. The fraction of sp³-hybridized carbons (Fsp3) is 0.250. The Bertz CT molecular complexity index is 714. The maximum Gasteiger partial charge on any atom is 0.336 e. The zero-order chi connectivity index (χ0) is 14.6. The summed E-state index contributed by atoms with van der Waals surface area (Å²) < 4.78 is 32.7. The maximum atomic E-state index is 10.7. The molecule has 0 saturated heterocycles. The normalized spacial score (nSPS) is 11.2. The van der Waals surface area contributed by atoms with Crippen molar-refractivity contribution in [2.45, 2.75) is 19.1 Å². The molecule has 7 heteroatoms. The van der Waals surface area contributed by atoms with E-state index >= 15 is 0 Å². The van der Waals surface area contributed by atoms with Gasteiger partial charge >= 0.3 is 5.63 Å². The highest BCUT2D eigenvalue weighted by Gasteiger charge is 2.08. The fourth-order valence-electron chi connectivity index (χ4n) is 1.05. The van der Waals surface area contributed by atoms with Crippen LogP contribution in [0.1, 0.15) is 13.8 Å². The van der Waals surface area contributed by atoms with Gasteiger partial charge in [-0.2, -0.15) is 8.42 Å². The van der Waals surface area contributed by atoms with Gasteiger partial charge in [0, 0.05) is 17.5 Å². The number of benzene rings is 1. The molecule has 1 aromatic carbocycles. The van der Waals surface area contributed by atoms with Gasteiger partial charge in [0.15, 0.2) is 0 Å². The molecule has 0 radical (unpaired) electrons. The quantitative estimate of drug-likeness (QED) is 0.611. The van der Waals surface area contributed by atoms with Crippen molar-refractivity contribution in [2.75, 3.05) is 0 Å². The van der Waals surface area contributed by atoms with E-state index in [1.807, 2.05) is 0 Å². The first kappa shape index (κ1) is 15.2. The van der Waals surface area contributed by atoms with Crippen LogP contribution >= 0.6 is 0 Å². The highest BCUT2D eigenvalue weighted by atomic mass is 32.2. The van der Waals surface area contributed by atoms with E-state index in [1.54, 1.807) is 18.2 Å². The molecule has 0 bridgehead atoms. The number of fused-ring (bicyclic) bond motifs is 1. The topological polar surface area (TPSA) is 105 Å². The van der Waals surface area contributed by atoms with Gasteiger partial charge in [0.25, 0.3) is 10.1 Å². The molecule has 104 valence electrons. The number of hydrogen-bond donors (Lipinski definition) is 2. The van der Waals surface area contributed by atoms with Crippen LogP contribution in [-0.4, -0.2) is 23.3 Å². The maximum absolute atomic E-state index is 10.7. The van der Waals surface area contributed by atoms with Gasteiger partial charge in [-0.1, -0.05) is 0 Å². The van der Waals surface area contributed by atoms with E-state index in [-0.39, 0.29) is 5.75 Å². The molecule has 0 aliphatic heterocycles. The smallest absolute Gasteiger partial charge is 0.336 e. The molecule has 1 heterocycles. The van der Waals surface area contributed by atoms with Crippen molar-refractivity contribution in [3.8, 4) is 5.75 Å². The van der Waals surface area contributed by atoms with Crippen LogP contribution in [0.2, 0.25) is 0 Å². The second-order valence-corrected chi connectivity index (χ2v) is 6.01. The summed E-state index contributed by atoms with van der Waals surface area (Å²) in [5, 5.41) is 9.18. The minimum absolute atomic E-state index is 0.0943. The van der Waals surface area contributed by atoms with Crippen molar-refractivity contribution in [1.29, 1.82) is 0 Å². The lowest BCUT2D eigenvalue weighted by molar-refractivity contribution is 0.472. The first-order valence-corrected chi connectivity index (χ1v) is 6.89. The minimum Gasteiger partial charge on any atom is -0.508 e. The van der Waals surface area contributed by atoms with Crippen molar-refractivity contribution in [2.24, 2.45) is 0 Å². The van der Waals surface area contributed by atoms with Gasteiger partial charge in [-0.3, -0.25) is 4.55 Å². The zero-order valence-corrected chi connectivity index (χ0v) is 11.2. The molecule has 0 unspecified atom stereocenters. The molecule has 1 aromatic heterocycles. The lowest BCUT2D eigenvalue weighted by atomic mass is 10.2. The Kier molecular flexibility index (Phi) is 4.68. The molecule has 0 amide bonds. The molecule has 0 aliphatic rings. The number of aromatic hydroxyl groups is 1. The van der Waals surface area contributed by atoms with Crippen LogP contribution in [0, 0.1) is 0 Å². The summed E-state index contributed by atoms with van der Waals surface area (Å²) in [5.74, 6) is 0.0943. The molecule has 0 spiro atoms. The summed E-state index contributed by atoms with van der Waals surface area (Å²) in [4.78, 5) is 10.7. The summed E-state index contributed by atoms with van der Waals surface area (Å²) in [6.07, 6.45) is 0. The van der Waals surface area contributed by atoms with Crippen molar-refractivity contribution in [1.82, 2.24) is 0 Å². The van der Waals surface area contributed by atoms with Crippen molar-refractivity contribution >= 4 is 21.1 Å². The number of hydrogen-bond acceptors (Lipinski definition) is 5. The summed E-state index contributed by atoms with van der Waals surface area (Å²) in [6.45, 7) is 2.82. The minimum atomic E-state index is -3.74. The molecule has 2 rings (SSSR count). The monoisotopic (exact) mass is 286 g/mol. The first-order valence-electron chi connectivity index (χ1n) is 5.39. The Balaban J connectivity index is 0.000000224. The van der Waals surface area contributed by atoms with Crippen LogP contribution in [0.4, 0.5) is 0 Å². The molecule has 2 N–H and O–H groups in total. The standard InChI is InChI=1S/C9H6O3.C3H8O3S/c10-7-3-1-6-2-4-9(11)12-8(6)5-7;1-3(2)7(4,5)6/h1-5,10H;3H,1-2H3,(H,4,5,6). The lowest BCUT2D eigenvalue weighted by Gasteiger charge is -1.94. The van der Waals surface area contributed by atoms with Crippen LogP contribution in [-0.2, 0) is 10.1 Å². The van der Waals surface area contributed by atoms with E-state index in [2.05, 4.69) is 0 Å². The van der Waals surface area contributed by atoms with Gasteiger partial charge in [0.2, 0.25) is 0 Å². The molecular weight excluding hydrogens is 272 g/mol. The summed E-state index contributed by atoms with van der Waals surface area (Å²) >= 11 is 0. The first-order chi connectivity index (χ1) is 8.70. The van der Waals surface area contributed by atoms with Gasteiger partial charge in [-0.25, -0.2) is 4.79 Å². The second kappa shape index (κ2) is 5.85. The SMILES string of the molecule is CC(C)S(=O)(=O)O.O=c1ccc2ccc(O)cc2o1. The Hall–Kier alpha value is -1.86. The van der Waals surface area contributed by atoms with Crippen LogP contribution < -0.4 is 5.63 Å². The number of phenols is 1. The van der Waals surface area contributed by atoms with Crippen molar-refractivity contribution < 1.29 is 22.5 Å². The van der Waals surface area contributed by atoms with E-state index in [9.17, 15) is 13.2 Å². The highest BCUT2D eigenvalue weighted by molar-refractivity contribution is 7.86. The molecule has 0 fully saturated rings. The fourth-order valence-corrected chi connectivity index (χ4v) is 1.05. The molecule has 0 saturated carbocycles. The zero-order valence-electron chi connectivity index (χ0n) is 10.4. The van der Waals surface area contributed by atoms with E-state index in [0.717, 1.165) is 5.39 Å². The molecule has 6 nitrogen and oxygen atoms in total. The summed E-state index contributed by atoms with van der Waals surface area (Å²) in [5.41, 5.74) is -0.00407. The third kappa shape index (κ3) is 4.72. The highest BCUT2D eigenvalue weighted by Crippen LogP contribution is 2.17. The van der Waals surface area contributed by atoms with Crippen molar-refractivity contribution in [3.63, 3.8) is 0 Å². The predicted molar refractivity (Wildman–Crippen MR) is 70.8 cm³/mol. The second-order valence-electron chi connectivity index (χ2n) is 4.04. The Morgan fingerprint density at radius 2 is 1.68 bits per heavy atom. The van der Waals surface area contributed by atoms with Gasteiger partial charge in [0.1, 0.15) is 11.3 Å². The van der Waals surface area contributed by atoms with E-state index in [4.69, 9.17) is 14.1 Å². The summed E-state index contributed by atoms with van der Waals surface area (Å²) in [7, 11) is -3.74. The van der Waals surface area contributed by atoms with Crippen LogP contribution in [0.15, 0.2) is 39.5 Å². The number of rotatable bonds is 1. The number of phenolic OH excluding ortho intramolecular Hbond substituents is 1. The lowest BCUT2D eigenvalue weighted by Crippen LogP contribution is -2.10. The molecular formula is C12H14O6S. The largest absolute Gasteiger partial charge is 0.508 e. The third-order valence-corrected chi connectivity index (χ3v) is 3.39. The third-order valence-electron chi connectivity index (χ3n) is 2.20. The molecule has 0 aliphatic carbocycles. The predicted octanol–water partition coefficient (Wildman–Crippen LogP) is 1.78. The molecule has 0 atom stereocenters. The van der Waals surface area contributed by atoms with Crippen LogP contribution in [0.5, 0.6) is 5.75 Å². The van der Waals surface area contributed by atoms with E-state index in [0.29, 0.717) is 5.58 Å². The average molecular weight is 286 g/mol.